The Hall–Kier alpha value is -0.0800. The molecule has 1 saturated carbocycles. The van der Waals surface area contributed by atoms with Gasteiger partial charge in [-0.1, -0.05) is 6.92 Å². The summed E-state index contributed by atoms with van der Waals surface area (Å²) in [4.78, 5) is 7.09. The third kappa shape index (κ3) is 5.37. The fraction of sp³-hybridized carbons (Fsp3) is 0.929. The van der Waals surface area contributed by atoms with Gasteiger partial charge < -0.3 is 19.7 Å². The summed E-state index contributed by atoms with van der Waals surface area (Å²) in [6, 6.07) is 0. The van der Waals surface area contributed by atoms with Gasteiger partial charge in [0.15, 0.2) is 5.96 Å². The SMILES string of the molecule is CCNC(=NCC1(C)CC1)N1CCOC(COC)C1.I. The maximum absolute atomic E-state index is 5.69. The molecule has 1 aliphatic carbocycles. The molecule has 1 N–H and O–H groups in total. The molecule has 1 saturated heterocycles. The minimum absolute atomic E-state index is 0. The molecule has 118 valence electrons. The van der Waals surface area contributed by atoms with Crippen molar-refractivity contribution < 1.29 is 9.47 Å². The molecule has 0 spiro atoms. The fourth-order valence-electron chi connectivity index (χ4n) is 2.26. The topological polar surface area (TPSA) is 46.1 Å². The van der Waals surface area contributed by atoms with Gasteiger partial charge in [-0.05, 0) is 25.2 Å². The molecule has 2 fully saturated rings. The number of hydrogen-bond donors (Lipinski definition) is 1. The summed E-state index contributed by atoms with van der Waals surface area (Å²) in [6.07, 6.45) is 2.77. The van der Waals surface area contributed by atoms with Crippen LogP contribution >= 0.6 is 24.0 Å². The molecule has 5 nitrogen and oxygen atoms in total. The molecule has 1 atom stereocenters. The van der Waals surface area contributed by atoms with Crippen LogP contribution < -0.4 is 5.32 Å². The number of rotatable bonds is 5. The van der Waals surface area contributed by atoms with E-state index in [-0.39, 0.29) is 30.1 Å². The largest absolute Gasteiger partial charge is 0.382 e. The van der Waals surface area contributed by atoms with Crippen LogP contribution in [0.2, 0.25) is 0 Å². The van der Waals surface area contributed by atoms with Crippen molar-refractivity contribution in [3.8, 4) is 0 Å². The van der Waals surface area contributed by atoms with Crippen molar-refractivity contribution >= 4 is 29.9 Å². The van der Waals surface area contributed by atoms with Gasteiger partial charge in [0.25, 0.3) is 0 Å². The highest BCUT2D eigenvalue weighted by Gasteiger charge is 2.37. The summed E-state index contributed by atoms with van der Waals surface area (Å²) in [5, 5.41) is 3.39. The summed E-state index contributed by atoms with van der Waals surface area (Å²) in [7, 11) is 1.72. The summed E-state index contributed by atoms with van der Waals surface area (Å²) >= 11 is 0. The van der Waals surface area contributed by atoms with Gasteiger partial charge in [-0.2, -0.15) is 0 Å². The van der Waals surface area contributed by atoms with Crippen LogP contribution in [-0.4, -0.2) is 63.5 Å². The Morgan fingerprint density at radius 2 is 2.25 bits per heavy atom. The summed E-state index contributed by atoms with van der Waals surface area (Å²) in [6.45, 7) is 9.42. The van der Waals surface area contributed by atoms with Crippen LogP contribution in [0.15, 0.2) is 4.99 Å². The number of nitrogens with zero attached hydrogens (tertiary/aromatic N) is 2. The molecule has 0 bridgehead atoms. The average Bonchev–Trinajstić information content (AvgIpc) is 3.14. The maximum Gasteiger partial charge on any atom is 0.194 e. The van der Waals surface area contributed by atoms with E-state index in [2.05, 4.69) is 24.1 Å². The van der Waals surface area contributed by atoms with Gasteiger partial charge in [0.1, 0.15) is 0 Å². The lowest BCUT2D eigenvalue weighted by Gasteiger charge is -2.35. The highest BCUT2D eigenvalue weighted by molar-refractivity contribution is 14.0. The second-order valence-corrected chi connectivity index (χ2v) is 5.87. The lowest BCUT2D eigenvalue weighted by molar-refractivity contribution is -0.0447. The Bertz CT molecular complexity index is 320. The molecule has 20 heavy (non-hydrogen) atoms. The first-order valence-electron chi connectivity index (χ1n) is 7.31. The minimum atomic E-state index is 0. The molecule has 1 unspecified atom stereocenters. The Morgan fingerprint density at radius 1 is 1.50 bits per heavy atom. The van der Waals surface area contributed by atoms with E-state index >= 15 is 0 Å². The molecular weight excluding hydrogens is 369 g/mol. The molecule has 2 rings (SSSR count). The standard InChI is InChI=1S/C14H27N3O2.HI/c1-4-15-13(16-11-14(2)5-6-14)17-7-8-19-12(9-17)10-18-3;/h12H,4-11H2,1-3H3,(H,15,16);1H. The van der Waals surface area contributed by atoms with E-state index in [9.17, 15) is 0 Å². The van der Waals surface area contributed by atoms with Crippen LogP contribution in [0.5, 0.6) is 0 Å². The van der Waals surface area contributed by atoms with Crippen LogP contribution in [-0.2, 0) is 9.47 Å². The van der Waals surface area contributed by atoms with Crippen molar-refractivity contribution in [1.82, 2.24) is 10.2 Å². The first-order valence-corrected chi connectivity index (χ1v) is 7.31. The van der Waals surface area contributed by atoms with Crippen LogP contribution in [0.25, 0.3) is 0 Å². The Morgan fingerprint density at radius 3 is 2.85 bits per heavy atom. The van der Waals surface area contributed by atoms with Gasteiger partial charge in [0, 0.05) is 33.3 Å². The van der Waals surface area contributed by atoms with Gasteiger partial charge in [0.2, 0.25) is 0 Å². The summed E-state index contributed by atoms with van der Waals surface area (Å²) < 4.78 is 10.9. The fourth-order valence-corrected chi connectivity index (χ4v) is 2.26. The molecule has 0 amide bonds. The monoisotopic (exact) mass is 397 g/mol. The Labute approximate surface area is 139 Å². The van der Waals surface area contributed by atoms with E-state index in [0.29, 0.717) is 12.0 Å². The predicted molar refractivity (Wildman–Crippen MR) is 91.9 cm³/mol. The molecule has 0 aromatic rings. The molecule has 0 radical (unpaired) electrons. The number of guanidine groups is 1. The highest BCUT2D eigenvalue weighted by Crippen LogP contribution is 2.45. The molecule has 6 heteroatoms. The molecule has 0 aromatic heterocycles. The van der Waals surface area contributed by atoms with E-state index in [1.54, 1.807) is 7.11 Å². The smallest absolute Gasteiger partial charge is 0.194 e. The molecular formula is C14H28IN3O2. The number of morpholine rings is 1. The van der Waals surface area contributed by atoms with Crippen molar-refractivity contribution in [3.05, 3.63) is 0 Å². The third-order valence-corrected chi connectivity index (χ3v) is 3.84. The van der Waals surface area contributed by atoms with Crippen molar-refractivity contribution in [2.24, 2.45) is 10.4 Å². The Kier molecular flexibility index (Phi) is 7.53. The number of hydrogen-bond acceptors (Lipinski definition) is 3. The van der Waals surface area contributed by atoms with Crippen LogP contribution in [0, 0.1) is 5.41 Å². The van der Waals surface area contributed by atoms with E-state index in [4.69, 9.17) is 14.5 Å². The predicted octanol–water partition coefficient (Wildman–Crippen LogP) is 1.72. The normalized spacial score (nSPS) is 25.1. The zero-order valence-electron chi connectivity index (χ0n) is 12.9. The number of ether oxygens (including phenoxy) is 2. The lowest BCUT2D eigenvalue weighted by Crippen LogP contribution is -2.51. The number of nitrogens with one attached hydrogen (secondary N) is 1. The van der Waals surface area contributed by atoms with Crippen LogP contribution in [0.1, 0.15) is 26.7 Å². The van der Waals surface area contributed by atoms with E-state index in [1.165, 1.54) is 12.8 Å². The van der Waals surface area contributed by atoms with E-state index < -0.39 is 0 Å². The molecule has 0 aromatic carbocycles. The average molecular weight is 397 g/mol. The van der Waals surface area contributed by atoms with Crippen molar-refractivity contribution in [2.75, 3.05) is 46.5 Å². The number of aliphatic imine (C=N–C) groups is 1. The summed E-state index contributed by atoms with van der Waals surface area (Å²) in [5.74, 6) is 1.03. The van der Waals surface area contributed by atoms with Crippen molar-refractivity contribution in [2.45, 2.75) is 32.8 Å². The van der Waals surface area contributed by atoms with E-state index in [0.717, 1.165) is 38.7 Å². The van der Waals surface area contributed by atoms with E-state index in [1.807, 2.05) is 0 Å². The van der Waals surface area contributed by atoms with Gasteiger partial charge in [-0.15, -0.1) is 24.0 Å². The van der Waals surface area contributed by atoms with Crippen LogP contribution in [0.4, 0.5) is 0 Å². The second kappa shape index (κ2) is 8.38. The number of halogens is 1. The zero-order chi connectivity index (χ0) is 13.7. The first-order chi connectivity index (χ1) is 9.17. The van der Waals surface area contributed by atoms with Gasteiger partial charge in [-0.3, -0.25) is 4.99 Å². The molecule has 1 heterocycles. The zero-order valence-corrected chi connectivity index (χ0v) is 15.2. The van der Waals surface area contributed by atoms with Crippen LogP contribution in [0.3, 0.4) is 0 Å². The van der Waals surface area contributed by atoms with Crippen molar-refractivity contribution in [1.29, 1.82) is 0 Å². The first kappa shape index (κ1) is 18.0. The Balaban J connectivity index is 0.00000200. The minimum Gasteiger partial charge on any atom is -0.382 e. The molecule has 1 aliphatic heterocycles. The lowest BCUT2D eigenvalue weighted by atomic mass is 10.1. The molecule has 2 aliphatic rings. The summed E-state index contributed by atoms with van der Waals surface area (Å²) in [5.41, 5.74) is 0.457. The number of methoxy groups -OCH3 is 1. The van der Waals surface area contributed by atoms with Gasteiger partial charge in [-0.25, -0.2) is 0 Å². The highest BCUT2D eigenvalue weighted by atomic mass is 127. The van der Waals surface area contributed by atoms with Gasteiger partial charge in [0.05, 0.1) is 19.3 Å². The van der Waals surface area contributed by atoms with Crippen molar-refractivity contribution in [3.63, 3.8) is 0 Å². The third-order valence-electron chi connectivity index (χ3n) is 3.84. The quantitative estimate of drug-likeness (QED) is 0.436. The maximum atomic E-state index is 5.69. The van der Waals surface area contributed by atoms with Gasteiger partial charge >= 0.3 is 0 Å². The second-order valence-electron chi connectivity index (χ2n) is 5.87.